The molecule has 0 bridgehead atoms. The number of hydrogen-bond acceptors (Lipinski definition) is 0. The molecule has 0 aliphatic heterocycles. The summed E-state index contributed by atoms with van der Waals surface area (Å²) in [5.74, 6) is 2.08. The molecule has 0 saturated heterocycles. The summed E-state index contributed by atoms with van der Waals surface area (Å²) in [5, 5.41) is 0. The molecule has 2 aliphatic carbocycles. The van der Waals surface area contributed by atoms with Crippen LogP contribution < -0.4 is 0 Å². The molecule has 0 N–H and O–H groups in total. The Morgan fingerprint density at radius 1 is 1.55 bits per heavy atom. The molecule has 0 radical (unpaired) electrons. The highest BCUT2D eigenvalue weighted by Crippen LogP contribution is 2.66. The molecule has 11 heavy (non-hydrogen) atoms. The van der Waals surface area contributed by atoms with E-state index in [1.807, 2.05) is 0 Å². The van der Waals surface area contributed by atoms with Crippen molar-refractivity contribution in [3.05, 3.63) is 11.6 Å². The van der Waals surface area contributed by atoms with Crippen molar-refractivity contribution in [1.82, 2.24) is 0 Å². The lowest BCUT2D eigenvalue weighted by molar-refractivity contribution is 0.464. The molecule has 2 rings (SSSR count). The third-order valence-corrected chi connectivity index (χ3v) is 4.09. The maximum absolute atomic E-state index is 2.47. The van der Waals surface area contributed by atoms with Crippen LogP contribution in [0.1, 0.15) is 40.0 Å². The zero-order valence-corrected chi connectivity index (χ0v) is 7.85. The zero-order chi connectivity index (χ0) is 8.06. The predicted octanol–water partition coefficient (Wildman–Crippen LogP) is 3.39. The van der Waals surface area contributed by atoms with Gasteiger partial charge in [0.25, 0.3) is 0 Å². The average Bonchev–Trinajstić information content (AvgIpc) is 2.58. The highest BCUT2D eigenvalue weighted by molar-refractivity contribution is 5.19. The highest BCUT2D eigenvalue weighted by Gasteiger charge is 2.59. The Kier molecular flexibility index (Phi) is 1.42. The minimum atomic E-state index is 0.717. The van der Waals surface area contributed by atoms with Crippen LogP contribution in [0.5, 0.6) is 0 Å². The Bertz CT molecular complexity index is 202. The van der Waals surface area contributed by atoms with E-state index in [9.17, 15) is 0 Å². The summed E-state index contributed by atoms with van der Waals surface area (Å²) in [6.07, 6.45) is 6.57. The first-order valence-corrected chi connectivity index (χ1v) is 4.84. The maximum Gasteiger partial charge on any atom is -0.0260 e. The van der Waals surface area contributed by atoms with E-state index >= 15 is 0 Å². The third-order valence-electron chi connectivity index (χ3n) is 4.09. The van der Waals surface area contributed by atoms with E-state index in [2.05, 4.69) is 26.8 Å². The van der Waals surface area contributed by atoms with Crippen molar-refractivity contribution in [1.29, 1.82) is 0 Å². The Morgan fingerprint density at radius 2 is 2.27 bits per heavy atom. The van der Waals surface area contributed by atoms with Gasteiger partial charge >= 0.3 is 0 Å². The van der Waals surface area contributed by atoms with E-state index in [1.54, 1.807) is 5.57 Å². The van der Waals surface area contributed by atoms with Crippen LogP contribution in [0.3, 0.4) is 0 Å². The molecule has 3 unspecified atom stereocenters. The minimum Gasteiger partial charge on any atom is -0.0853 e. The quantitative estimate of drug-likeness (QED) is 0.503. The van der Waals surface area contributed by atoms with Crippen molar-refractivity contribution in [2.45, 2.75) is 40.0 Å². The van der Waals surface area contributed by atoms with Crippen LogP contribution in [0.25, 0.3) is 0 Å². The van der Waals surface area contributed by atoms with Gasteiger partial charge in [-0.05, 0) is 37.0 Å². The first-order chi connectivity index (χ1) is 5.18. The second-order valence-electron chi connectivity index (χ2n) is 4.56. The van der Waals surface area contributed by atoms with Gasteiger partial charge in [-0.3, -0.25) is 0 Å². The normalized spacial score (nSPS) is 48.1. The van der Waals surface area contributed by atoms with Crippen LogP contribution in [0.4, 0.5) is 0 Å². The maximum atomic E-state index is 2.47. The number of hydrogen-bond donors (Lipinski definition) is 0. The molecule has 2 aliphatic rings. The van der Waals surface area contributed by atoms with Crippen LogP contribution in [0.2, 0.25) is 0 Å². The Balaban J connectivity index is 2.10. The average molecular weight is 150 g/mol. The third kappa shape index (κ3) is 0.881. The predicted molar refractivity (Wildman–Crippen MR) is 48.4 cm³/mol. The summed E-state index contributed by atoms with van der Waals surface area (Å²) in [7, 11) is 0. The van der Waals surface area contributed by atoms with Gasteiger partial charge in [-0.1, -0.05) is 31.9 Å². The summed E-state index contributed by atoms with van der Waals surface area (Å²) >= 11 is 0. The topological polar surface area (TPSA) is 0 Å². The molecular weight excluding hydrogens is 132 g/mol. The molecule has 0 heterocycles. The lowest BCUT2D eigenvalue weighted by Crippen LogP contribution is -1.95. The Labute approximate surface area is 69.7 Å². The number of rotatable bonds is 1. The Morgan fingerprint density at radius 3 is 2.82 bits per heavy atom. The summed E-state index contributed by atoms with van der Waals surface area (Å²) in [6, 6.07) is 0. The fourth-order valence-electron chi connectivity index (χ4n) is 2.86. The summed E-state index contributed by atoms with van der Waals surface area (Å²) < 4.78 is 0. The van der Waals surface area contributed by atoms with Gasteiger partial charge in [0.2, 0.25) is 0 Å². The van der Waals surface area contributed by atoms with Gasteiger partial charge in [0, 0.05) is 0 Å². The van der Waals surface area contributed by atoms with E-state index in [4.69, 9.17) is 0 Å². The van der Waals surface area contributed by atoms with Gasteiger partial charge in [-0.2, -0.15) is 0 Å². The van der Waals surface area contributed by atoms with Crippen molar-refractivity contribution in [3.8, 4) is 0 Å². The molecule has 1 saturated carbocycles. The molecule has 0 aromatic rings. The van der Waals surface area contributed by atoms with E-state index in [1.165, 1.54) is 19.3 Å². The van der Waals surface area contributed by atoms with E-state index in [0.29, 0.717) is 5.41 Å². The van der Waals surface area contributed by atoms with Crippen molar-refractivity contribution < 1.29 is 0 Å². The van der Waals surface area contributed by atoms with Crippen molar-refractivity contribution >= 4 is 0 Å². The number of fused-ring (bicyclic) bond motifs is 1. The second-order valence-corrected chi connectivity index (χ2v) is 4.56. The first kappa shape index (κ1) is 7.39. The molecule has 0 nitrogen and oxygen atoms in total. The van der Waals surface area contributed by atoms with Gasteiger partial charge in [0.05, 0.1) is 0 Å². The smallest absolute Gasteiger partial charge is 0.0260 e. The fraction of sp³-hybridized carbons (Fsp3) is 0.818. The molecule has 62 valence electrons. The molecule has 0 amide bonds. The summed E-state index contributed by atoms with van der Waals surface area (Å²) in [4.78, 5) is 0. The zero-order valence-electron chi connectivity index (χ0n) is 7.85. The van der Waals surface area contributed by atoms with Gasteiger partial charge in [0.1, 0.15) is 0 Å². The summed E-state index contributed by atoms with van der Waals surface area (Å²) in [5.41, 5.74) is 2.34. The van der Waals surface area contributed by atoms with Crippen molar-refractivity contribution in [3.63, 3.8) is 0 Å². The molecule has 0 spiro atoms. The monoisotopic (exact) mass is 150 g/mol. The summed E-state index contributed by atoms with van der Waals surface area (Å²) in [6.45, 7) is 7.09. The van der Waals surface area contributed by atoms with Crippen LogP contribution in [-0.2, 0) is 0 Å². The van der Waals surface area contributed by atoms with Crippen molar-refractivity contribution in [2.75, 3.05) is 0 Å². The lowest BCUT2D eigenvalue weighted by Gasteiger charge is -2.06. The van der Waals surface area contributed by atoms with Gasteiger partial charge < -0.3 is 0 Å². The molecule has 3 atom stereocenters. The first-order valence-electron chi connectivity index (χ1n) is 4.84. The SMILES string of the molecule is CCC1(C)C2CC=C(C)CC21. The highest BCUT2D eigenvalue weighted by atomic mass is 14.6. The van der Waals surface area contributed by atoms with Gasteiger partial charge in [0.15, 0.2) is 0 Å². The lowest BCUT2D eigenvalue weighted by atomic mass is 10.00. The van der Waals surface area contributed by atoms with E-state index < -0.39 is 0 Å². The Hall–Kier alpha value is -0.260. The largest absolute Gasteiger partial charge is 0.0853 e. The minimum absolute atomic E-state index is 0.717. The van der Waals surface area contributed by atoms with Crippen LogP contribution >= 0.6 is 0 Å². The molecule has 0 aromatic heterocycles. The van der Waals surface area contributed by atoms with Gasteiger partial charge in [-0.15, -0.1) is 0 Å². The number of allylic oxidation sites excluding steroid dienone is 2. The molecular formula is C11H18. The molecule has 1 fully saturated rings. The van der Waals surface area contributed by atoms with Crippen LogP contribution in [0.15, 0.2) is 11.6 Å². The molecule has 0 heteroatoms. The fourth-order valence-corrected chi connectivity index (χ4v) is 2.86. The van der Waals surface area contributed by atoms with E-state index in [-0.39, 0.29) is 0 Å². The standard InChI is InChI=1S/C11H18/c1-4-11(3)9-6-5-8(2)7-10(9)11/h5,9-10H,4,6-7H2,1-3H3. The van der Waals surface area contributed by atoms with Crippen LogP contribution in [-0.4, -0.2) is 0 Å². The van der Waals surface area contributed by atoms with Gasteiger partial charge in [-0.25, -0.2) is 0 Å². The molecule has 0 aromatic carbocycles. The van der Waals surface area contributed by atoms with Crippen molar-refractivity contribution in [2.24, 2.45) is 17.3 Å². The van der Waals surface area contributed by atoms with Crippen LogP contribution in [0, 0.1) is 17.3 Å². The second kappa shape index (κ2) is 2.12. The van der Waals surface area contributed by atoms with E-state index in [0.717, 1.165) is 11.8 Å².